The van der Waals surface area contributed by atoms with E-state index in [-0.39, 0.29) is 12.5 Å². The van der Waals surface area contributed by atoms with E-state index < -0.39 is 11.2 Å². The Morgan fingerprint density at radius 3 is 2.53 bits per heavy atom. The lowest BCUT2D eigenvalue weighted by Crippen LogP contribution is -2.07. The second kappa shape index (κ2) is 5.73. The third kappa shape index (κ3) is 3.53. The van der Waals surface area contributed by atoms with Gasteiger partial charge in [-0.25, -0.2) is 0 Å². The van der Waals surface area contributed by atoms with Gasteiger partial charge in [-0.1, -0.05) is 18.2 Å². The summed E-state index contributed by atoms with van der Waals surface area (Å²) in [4.78, 5) is 21.8. The maximum Gasteiger partial charge on any atom is 0.321 e. The lowest BCUT2D eigenvalue weighted by atomic mass is 10.1. The predicted octanol–water partition coefficient (Wildman–Crippen LogP) is 2.35. The Morgan fingerprint density at radius 2 is 1.93 bits per heavy atom. The molecule has 0 aliphatic carbocycles. The number of hydrogen-bond acceptors (Lipinski definition) is 3. The second-order valence-electron chi connectivity index (χ2n) is 2.73. The van der Waals surface area contributed by atoms with Crippen LogP contribution in [0.3, 0.4) is 0 Å². The number of hydrogen-bond donors (Lipinski definition) is 0. The second-order valence-corrected chi connectivity index (χ2v) is 3.34. The Hall–Kier alpha value is -1.06. The molecule has 5 heteroatoms. The fourth-order valence-electron chi connectivity index (χ4n) is 1.03. The van der Waals surface area contributed by atoms with Gasteiger partial charge in [0.25, 0.3) is 5.24 Å². The number of alkyl halides is 1. The molecule has 80 valence electrons. The lowest BCUT2D eigenvalue weighted by molar-refractivity contribution is -0.141. The highest BCUT2D eigenvalue weighted by Gasteiger charge is 2.09. The van der Waals surface area contributed by atoms with Crippen molar-refractivity contribution in [2.75, 3.05) is 5.88 Å². The highest BCUT2D eigenvalue weighted by atomic mass is 35.5. The van der Waals surface area contributed by atoms with Gasteiger partial charge < -0.3 is 4.74 Å². The summed E-state index contributed by atoms with van der Waals surface area (Å²) in [5, 5.41) is -0.576. The molecule has 0 aromatic heterocycles. The van der Waals surface area contributed by atoms with Crippen LogP contribution in [-0.2, 0) is 16.1 Å². The third-order valence-electron chi connectivity index (χ3n) is 1.73. The SMILES string of the molecule is O=C(CCl)OCc1ccccc1C(=O)Cl. The summed E-state index contributed by atoms with van der Waals surface area (Å²) in [6.07, 6.45) is 0. The van der Waals surface area contributed by atoms with Gasteiger partial charge in [0, 0.05) is 11.1 Å². The van der Waals surface area contributed by atoms with Crippen LogP contribution in [0.25, 0.3) is 0 Å². The molecule has 0 N–H and O–H groups in total. The van der Waals surface area contributed by atoms with Crippen LogP contribution in [0.15, 0.2) is 24.3 Å². The molecule has 0 aliphatic rings. The van der Waals surface area contributed by atoms with Gasteiger partial charge >= 0.3 is 5.97 Å². The molecule has 1 rings (SSSR count). The van der Waals surface area contributed by atoms with Gasteiger partial charge in [0.1, 0.15) is 12.5 Å². The topological polar surface area (TPSA) is 43.4 Å². The summed E-state index contributed by atoms with van der Waals surface area (Å²) < 4.78 is 4.79. The van der Waals surface area contributed by atoms with Crippen molar-refractivity contribution < 1.29 is 14.3 Å². The first kappa shape index (κ1) is 12.0. The molecule has 0 aliphatic heterocycles. The first-order valence-electron chi connectivity index (χ1n) is 4.14. The average molecular weight is 247 g/mol. The molecular formula is C10H8Cl2O3. The first-order chi connectivity index (χ1) is 7.15. The maximum atomic E-state index is 11.0. The van der Waals surface area contributed by atoms with E-state index in [4.69, 9.17) is 27.9 Å². The standard InChI is InChI=1S/C10H8Cl2O3/c11-5-9(13)15-6-7-3-1-2-4-8(7)10(12)14/h1-4H,5-6H2. The van der Waals surface area contributed by atoms with E-state index in [9.17, 15) is 9.59 Å². The zero-order chi connectivity index (χ0) is 11.3. The Bertz CT molecular complexity index is 377. The molecule has 0 bridgehead atoms. The highest BCUT2D eigenvalue weighted by Crippen LogP contribution is 2.12. The van der Waals surface area contributed by atoms with Crippen molar-refractivity contribution in [3.63, 3.8) is 0 Å². The minimum atomic E-state index is -0.576. The summed E-state index contributed by atoms with van der Waals surface area (Å²) in [7, 11) is 0. The average Bonchev–Trinajstić information content (AvgIpc) is 2.26. The van der Waals surface area contributed by atoms with Crippen LogP contribution >= 0.6 is 23.2 Å². The molecule has 0 unspecified atom stereocenters. The summed E-state index contributed by atoms with van der Waals surface area (Å²) >= 11 is 10.6. The summed E-state index contributed by atoms with van der Waals surface area (Å²) in [6.45, 7) is 0.000185. The molecule has 1 aromatic carbocycles. The van der Waals surface area contributed by atoms with Gasteiger partial charge in [-0.3, -0.25) is 9.59 Å². The van der Waals surface area contributed by atoms with Crippen LogP contribution in [0.4, 0.5) is 0 Å². The van der Waals surface area contributed by atoms with E-state index in [1.807, 2.05) is 0 Å². The predicted molar refractivity (Wildman–Crippen MR) is 57.1 cm³/mol. The molecule has 0 radical (unpaired) electrons. The number of carbonyl (C=O) groups excluding carboxylic acids is 2. The molecule has 0 atom stereocenters. The van der Waals surface area contributed by atoms with Crippen LogP contribution in [-0.4, -0.2) is 17.1 Å². The van der Waals surface area contributed by atoms with Gasteiger partial charge in [0.15, 0.2) is 0 Å². The summed E-state index contributed by atoms with van der Waals surface area (Å²) in [6, 6.07) is 6.64. The minimum Gasteiger partial charge on any atom is -0.460 e. The summed E-state index contributed by atoms with van der Waals surface area (Å²) in [5.41, 5.74) is 0.900. The maximum absolute atomic E-state index is 11.0. The van der Waals surface area contributed by atoms with E-state index in [0.29, 0.717) is 11.1 Å². The third-order valence-corrected chi connectivity index (χ3v) is 2.15. The van der Waals surface area contributed by atoms with Crippen LogP contribution in [0.1, 0.15) is 15.9 Å². The van der Waals surface area contributed by atoms with Crippen LogP contribution in [0.2, 0.25) is 0 Å². The van der Waals surface area contributed by atoms with Crippen molar-refractivity contribution in [2.24, 2.45) is 0 Å². The number of halogens is 2. The lowest BCUT2D eigenvalue weighted by Gasteiger charge is -2.05. The molecule has 0 amide bonds. The van der Waals surface area contributed by atoms with Crippen molar-refractivity contribution in [3.8, 4) is 0 Å². The molecule has 0 spiro atoms. The largest absolute Gasteiger partial charge is 0.460 e. The molecule has 0 fully saturated rings. The summed E-state index contributed by atoms with van der Waals surface area (Å²) in [5.74, 6) is -0.745. The number of ether oxygens (including phenoxy) is 1. The number of benzene rings is 1. The zero-order valence-corrected chi connectivity index (χ0v) is 9.22. The molecule has 0 saturated heterocycles. The van der Waals surface area contributed by atoms with E-state index in [0.717, 1.165) is 0 Å². The van der Waals surface area contributed by atoms with Crippen molar-refractivity contribution in [2.45, 2.75) is 6.61 Å². The first-order valence-corrected chi connectivity index (χ1v) is 5.05. The molecule has 15 heavy (non-hydrogen) atoms. The number of carbonyl (C=O) groups is 2. The minimum absolute atomic E-state index is 0.000185. The smallest absolute Gasteiger partial charge is 0.321 e. The molecule has 0 saturated carbocycles. The normalized spacial score (nSPS) is 9.73. The van der Waals surface area contributed by atoms with E-state index in [2.05, 4.69) is 0 Å². The Balaban J connectivity index is 2.76. The zero-order valence-electron chi connectivity index (χ0n) is 7.70. The van der Waals surface area contributed by atoms with Crippen molar-refractivity contribution in [1.29, 1.82) is 0 Å². The van der Waals surface area contributed by atoms with E-state index >= 15 is 0 Å². The Labute approximate surface area is 96.9 Å². The van der Waals surface area contributed by atoms with Gasteiger partial charge in [-0.05, 0) is 17.7 Å². The Morgan fingerprint density at radius 1 is 1.27 bits per heavy atom. The van der Waals surface area contributed by atoms with Crippen molar-refractivity contribution >= 4 is 34.4 Å². The van der Waals surface area contributed by atoms with Crippen molar-refractivity contribution in [3.05, 3.63) is 35.4 Å². The van der Waals surface area contributed by atoms with Crippen LogP contribution in [0.5, 0.6) is 0 Å². The molecule has 0 heterocycles. The quantitative estimate of drug-likeness (QED) is 0.466. The fourth-order valence-corrected chi connectivity index (χ4v) is 1.30. The fraction of sp³-hybridized carbons (Fsp3) is 0.200. The van der Waals surface area contributed by atoms with E-state index in [1.165, 1.54) is 0 Å². The molecule has 3 nitrogen and oxygen atoms in total. The van der Waals surface area contributed by atoms with Crippen molar-refractivity contribution in [1.82, 2.24) is 0 Å². The number of rotatable bonds is 4. The van der Waals surface area contributed by atoms with E-state index in [1.54, 1.807) is 24.3 Å². The number of esters is 1. The van der Waals surface area contributed by atoms with Gasteiger partial charge in [0.2, 0.25) is 0 Å². The van der Waals surface area contributed by atoms with Crippen LogP contribution < -0.4 is 0 Å². The van der Waals surface area contributed by atoms with Gasteiger partial charge in [-0.2, -0.15) is 0 Å². The van der Waals surface area contributed by atoms with Crippen LogP contribution in [0, 0.1) is 0 Å². The Kier molecular flexibility index (Phi) is 4.59. The highest BCUT2D eigenvalue weighted by molar-refractivity contribution is 6.67. The monoisotopic (exact) mass is 246 g/mol. The molecule has 1 aromatic rings. The van der Waals surface area contributed by atoms with Gasteiger partial charge in [-0.15, -0.1) is 11.6 Å². The van der Waals surface area contributed by atoms with Gasteiger partial charge in [0.05, 0.1) is 0 Å². The molecular weight excluding hydrogens is 239 g/mol.